The average molecular weight is 923 g/mol. The van der Waals surface area contributed by atoms with Crippen LogP contribution in [-0.2, 0) is 10.8 Å². The van der Waals surface area contributed by atoms with Gasteiger partial charge in [-0.15, -0.1) is 0 Å². The van der Waals surface area contributed by atoms with E-state index in [-0.39, 0.29) is 22.2 Å². The smallest absolute Gasteiger partial charge is 0.187 e. The number of rotatable bonds is 8. The zero-order valence-electron chi connectivity index (χ0n) is 39.5. The molecule has 0 atom stereocenters. The van der Waals surface area contributed by atoms with E-state index in [1.807, 2.05) is 97.1 Å². The first-order valence-corrected chi connectivity index (χ1v) is 23.0. The fraction of sp³-hybridized carbons (Fsp3) is 0.129. The van der Waals surface area contributed by atoms with Crippen LogP contribution in [0.25, 0.3) is 59.4 Å². The second-order valence-electron chi connectivity index (χ2n) is 19.7. The molecular formula is C62H46F4N4. The summed E-state index contributed by atoms with van der Waals surface area (Å²) in [6.45, 7) is 20.1. The van der Waals surface area contributed by atoms with Gasteiger partial charge < -0.3 is 9.80 Å². The first-order valence-electron chi connectivity index (χ1n) is 23.0. The van der Waals surface area contributed by atoms with E-state index in [1.165, 1.54) is 12.1 Å². The molecule has 0 amide bonds. The molecule has 342 valence electrons. The van der Waals surface area contributed by atoms with Crippen LogP contribution >= 0.6 is 0 Å². The highest BCUT2D eigenvalue weighted by Gasteiger charge is 2.31. The molecule has 0 heterocycles. The van der Waals surface area contributed by atoms with Crippen LogP contribution in [0.2, 0.25) is 0 Å². The van der Waals surface area contributed by atoms with E-state index >= 15 is 17.6 Å². The van der Waals surface area contributed by atoms with Gasteiger partial charge in [0, 0.05) is 45.4 Å². The molecule has 70 heavy (non-hydrogen) atoms. The van der Waals surface area contributed by atoms with Crippen molar-refractivity contribution in [2.75, 3.05) is 9.80 Å². The Kier molecular flexibility index (Phi) is 11.2. The molecule has 0 fully saturated rings. The second-order valence-corrected chi connectivity index (χ2v) is 19.7. The summed E-state index contributed by atoms with van der Waals surface area (Å²) in [5.41, 5.74) is 6.44. The summed E-state index contributed by atoms with van der Waals surface area (Å²) in [4.78, 5) is 7.23. The van der Waals surface area contributed by atoms with Gasteiger partial charge in [-0.3, -0.25) is 0 Å². The number of nitriles is 1. The van der Waals surface area contributed by atoms with Gasteiger partial charge in [0.1, 0.15) is 11.6 Å². The van der Waals surface area contributed by atoms with Crippen LogP contribution in [0.15, 0.2) is 170 Å². The molecule has 10 rings (SSSR count). The van der Waals surface area contributed by atoms with Crippen molar-refractivity contribution in [1.82, 2.24) is 0 Å². The van der Waals surface area contributed by atoms with Gasteiger partial charge in [0.15, 0.2) is 17.3 Å². The maximum atomic E-state index is 17.2. The normalized spacial score (nSPS) is 11.8. The number of hydrogen-bond acceptors (Lipinski definition) is 3. The Hall–Kier alpha value is -8.46. The minimum atomic E-state index is -0.777. The molecule has 0 aliphatic heterocycles. The van der Waals surface area contributed by atoms with Crippen molar-refractivity contribution in [3.63, 3.8) is 0 Å². The summed E-state index contributed by atoms with van der Waals surface area (Å²) < 4.78 is 65.8. The molecule has 0 radical (unpaired) electrons. The number of hydrogen-bond donors (Lipinski definition) is 0. The largest absolute Gasteiger partial charge is 0.307 e. The summed E-state index contributed by atoms with van der Waals surface area (Å²) in [7, 11) is 0. The quantitative estimate of drug-likeness (QED) is 0.0865. The van der Waals surface area contributed by atoms with Crippen molar-refractivity contribution in [3.8, 4) is 28.3 Å². The van der Waals surface area contributed by atoms with Gasteiger partial charge in [0.2, 0.25) is 0 Å². The predicted molar refractivity (Wildman–Crippen MR) is 279 cm³/mol. The van der Waals surface area contributed by atoms with E-state index in [0.717, 1.165) is 55.6 Å². The fourth-order valence-electron chi connectivity index (χ4n) is 10.0. The average Bonchev–Trinajstić information content (AvgIpc) is 3.34. The maximum Gasteiger partial charge on any atom is 0.187 e. The Morgan fingerprint density at radius 3 is 1.27 bits per heavy atom. The number of nitrogens with zero attached hydrogens (tertiary/aromatic N) is 4. The molecule has 0 aliphatic rings. The van der Waals surface area contributed by atoms with Gasteiger partial charge in [0.25, 0.3) is 0 Å². The summed E-state index contributed by atoms with van der Waals surface area (Å²) in [5, 5.41) is 14.8. The topological polar surface area (TPSA) is 34.6 Å². The van der Waals surface area contributed by atoms with Gasteiger partial charge >= 0.3 is 0 Å². The summed E-state index contributed by atoms with van der Waals surface area (Å²) in [6.07, 6.45) is 0. The SMILES string of the molecule is [C-]#[N+]c1ccc(N(c2c(F)cc(F)cc2-c2ccccc2C(C)(C)C)c2ccc3ccc4c(N(c5ccc(C#N)cc5)c5c(F)cc(F)cc5-c5ccccc5C(C)(C)C)ccc5ccc2c3c54)cc1. The minimum Gasteiger partial charge on any atom is -0.307 e. The second kappa shape index (κ2) is 17.3. The Labute approximate surface area is 405 Å². The van der Waals surface area contributed by atoms with Crippen molar-refractivity contribution in [1.29, 1.82) is 5.26 Å². The molecule has 8 heteroatoms. The van der Waals surface area contributed by atoms with Gasteiger partial charge in [-0.05, 0) is 115 Å². The molecule has 0 saturated carbocycles. The zero-order chi connectivity index (χ0) is 49.2. The fourth-order valence-corrected chi connectivity index (χ4v) is 10.0. The molecule has 4 nitrogen and oxygen atoms in total. The third-order valence-electron chi connectivity index (χ3n) is 13.1. The lowest BCUT2D eigenvalue weighted by atomic mass is 9.81. The lowest BCUT2D eigenvalue weighted by molar-refractivity contribution is 0.582. The van der Waals surface area contributed by atoms with Crippen LogP contribution in [0, 0.1) is 41.2 Å². The lowest BCUT2D eigenvalue weighted by Gasteiger charge is -2.32. The number of anilines is 6. The van der Waals surface area contributed by atoms with Crippen molar-refractivity contribution >= 4 is 72.1 Å². The number of halogens is 4. The van der Waals surface area contributed by atoms with Crippen molar-refractivity contribution in [2.24, 2.45) is 0 Å². The van der Waals surface area contributed by atoms with Crippen molar-refractivity contribution in [3.05, 3.63) is 221 Å². The van der Waals surface area contributed by atoms with E-state index < -0.39 is 23.3 Å². The first-order chi connectivity index (χ1) is 33.5. The molecule has 10 aromatic carbocycles. The maximum absolute atomic E-state index is 17.2. The molecule has 0 spiro atoms. The Morgan fingerprint density at radius 2 is 0.871 bits per heavy atom. The highest BCUT2D eigenvalue weighted by Crippen LogP contribution is 2.52. The molecule has 0 aromatic heterocycles. The minimum absolute atomic E-state index is 0.127. The van der Waals surface area contributed by atoms with Crippen LogP contribution in [-0.4, -0.2) is 0 Å². The van der Waals surface area contributed by atoms with Crippen LogP contribution in [0.1, 0.15) is 58.2 Å². The third kappa shape index (κ3) is 7.82. The van der Waals surface area contributed by atoms with Crippen LogP contribution in [0.3, 0.4) is 0 Å². The Balaban J connectivity index is 1.28. The monoisotopic (exact) mass is 922 g/mol. The highest BCUT2D eigenvalue weighted by atomic mass is 19.1. The molecule has 0 unspecified atom stereocenters. The zero-order valence-corrected chi connectivity index (χ0v) is 39.5. The van der Waals surface area contributed by atoms with Crippen LogP contribution in [0.4, 0.5) is 57.4 Å². The Morgan fingerprint density at radius 1 is 0.471 bits per heavy atom. The Bertz CT molecular complexity index is 3510. The lowest BCUT2D eigenvalue weighted by Crippen LogP contribution is -2.17. The molecule has 0 N–H and O–H groups in total. The predicted octanol–water partition coefficient (Wildman–Crippen LogP) is 18.4. The van der Waals surface area contributed by atoms with Crippen LogP contribution in [0.5, 0.6) is 0 Å². The van der Waals surface area contributed by atoms with Crippen LogP contribution < -0.4 is 9.80 Å². The first kappa shape index (κ1) is 45.3. The molecule has 10 aromatic rings. The summed E-state index contributed by atoms with van der Waals surface area (Å²) in [5.74, 6) is -3.00. The van der Waals surface area contributed by atoms with Gasteiger partial charge in [-0.25, -0.2) is 22.4 Å². The van der Waals surface area contributed by atoms with Crippen molar-refractivity contribution < 1.29 is 17.6 Å². The number of benzene rings is 10. The van der Waals surface area contributed by atoms with E-state index in [4.69, 9.17) is 6.57 Å². The van der Waals surface area contributed by atoms with E-state index in [1.54, 1.807) is 58.3 Å². The van der Waals surface area contributed by atoms with Crippen molar-refractivity contribution in [2.45, 2.75) is 52.4 Å². The summed E-state index contributed by atoms with van der Waals surface area (Å²) >= 11 is 0. The molecule has 0 aliphatic carbocycles. The third-order valence-corrected chi connectivity index (χ3v) is 13.1. The summed E-state index contributed by atoms with van der Waals surface area (Å²) in [6, 6.07) is 51.7. The van der Waals surface area contributed by atoms with E-state index in [9.17, 15) is 5.26 Å². The molecule has 0 bridgehead atoms. The van der Waals surface area contributed by atoms with Gasteiger partial charge in [-0.2, -0.15) is 5.26 Å². The molecule has 0 saturated heterocycles. The van der Waals surface area contributed by atoms with E-state index in [2.05, 4.69) is 52.5 Å². The van der Waals surface area contributed by atoms with E-state index in [0.29, 0.717) is 56.3 Å². The molecular weight excluding hydrogens is 877 g/mol. The van der Waals surface area contributed by atoms with Gasteiger partial charge in [-0.1, -0.05) is 139 Å². The standard InChI is InChI=1S/C62H46F4N4/c1-61(2,3)51-14-10-8-12-45(51)49-32-40(63)34-53(65)59(49)69(43-24-16-37(36-67)17-25-43)55-30-20-38-19-29-48-56(31-21-39-18-28-47(55)57(38)58(39)48)70(44-26-22-42(68-7)23-27-44)60-50(33-41(64)35-54(60)66)46-13-9-11-15-52(46)62(4,5)6/h8-35H,1-6H3. The van der Waals surface area contributed by atoms with Gasteiger partial charge in [0.05, 0.1) is 41.0 Å². The highest BCUT2D eigenvalue weighted by molar-refractivity contribution is 6.28.